The van der Waals surface area contributed by atoms with Crippen LogP contribution in [0.2, 0.25) is 0 Å². The third-order valence-corrected chi connectivity index (χ3v) is 4.24. The van der Waals surface area contributed by atoms with E-state index in [1.165, 1.54) is 17.5 Å². The molecule has 0 aliphatic heterocycles. The van der Waals surface area contributed by atoms with E-state index in [2.05, 4.69) is 42.1 Å². The van der Waals surface area contributed by atoms with Crippen molar-refractivity contribution in [2.75, 3.05) is 11.1 Å². The Morgan fingerprint density at radius 1 is 1.00 bits per heavy atom. The third kappa shape index (κ3) is 3.94. The molecule has 3 N–H and O–H groups in total. The van der Waals surface area contributed by atoms with Crippen molar-refractivity contribution in [3.63, 3.8) is 0 Å². The lowest BCUT2D eigenvalue weighted by molar-refractivity contribution is 0.464. The molecule has 0 bridgehead atoms. The predicted octanol–water partition coefficient (Wildman–Crippen LogP) is 5.33. The van der Waals surface area contributed by atoms with Crippen molar-refractivity contribution in [3.05, 3.63) is 65.5 Å². The van der Waals surface area contributed by atoms with Gasteiger partial charge in [0.2, 0.25) is 5.88 Å². The number of nitrogens with two attached hydrogens (primary N) is 1. The topological polar surface area (TPSA) is 73.1 Å². The molecule has 0 saturated heterocycles. The quantitative estimate of drug-likeness (QED) is 0.651. The molecule has 0 aliphatic carbocycles. The van der Waals surface area contributed by atoms with E-state index in [9.17, 15) is 0 Å². The molecule has 5 heteroatoms. The maximum atomic E-state index is 6.22. The normalized spacial score (nSPS) is 10.8. The zero-order chi connectivity index (χ0) is 18.7. The van der Waals surface area contributed by atoms with E-state index in [-0.39, 0.29) is 0 Å². The Morgan fingerprint density at radius 2 is 1.73 bits per heavy atom. The third-order valence-electron chi connectivity index (χ3n) is 4.24. The lowest BCUT2D eigenvalue weighted by Gasteiger charge is -2.14. The summed E-state index contributed by atoms with van der Waals surface area (Å²) in [5.41, 5.74) is 11.1. The Balaban J connectivity index is 1.82. The molecule has 0 aliphatic rings. The molecule has 26 heavy (non-hydrogen) atoms. The van der Waals surface area contributed by atoms with Gasteiger partial charge in [0.1, 0.15) is 17.8 Å². The molecule has 0 atom stereocenters. The Hall–Kier alpha value is -3.08. The van der Waals surface area contributed by atoms with Crippen molar-refractivity contribution < 1.29 is 4.74 Å². The summed E-state index contributed by atoms with van der Waals surface area (Å²) in [4.78, 5) is 8.42. The second-order valence-corrected chi connectivity index (χ2v) is 6.71. The minimum absolute atomic E-state index is 0.338. The summed E-state index contributed by atoms with van der Waals surface area (Å²) in [5, 5.41) is 3.26. The fourth-order valence-corrected chi connectivity index (χ4v) is 2.67. The van der Waals surface area contributed by atoms with Crippen LogP contribution >= 0.6 is 0 Å². The number of nitrogens with zero attached hydrogens (tertiary/aromatic N) is 2. The highest BCUT2D eigenvalue weighted by Crippen LogP contribution is 2.32. The molecule has 1 aromatic heterocycles. The first kappa shape index (κ1) is 17.7. The van der Waals surface area contributed by atoms with Crippen LogP contribution in [0, 0.1) is 13.8 Å². The van der Waals surface area contributed by atoms with Gasteiger partial charge in [-0.1, -0.05) is 43.7 Å². The number of aryl methyl sites for hydroxylation is 2. The molecule has 0 radical (unpaired) electrons. The second-order valence-electron chi connectivity index (χ2n) is 6.71. The molecule has 5 nitrogen and oxygen atoms in total. The molecule has 0 fully saturated rings. The van der Waals surface area contributed by atoms with E-state index in [0.717, 1.165) is 11.3 Å². The molecule has 0 spiro atoms. The lowest BCUT2D eigenvalue weighted by Crippen LogP contribution is -2.04. The summed E-state index contributed by atoms with van der Waals surface area (Å²) in [6.07, 6.45) is 1.44. The zero-order valence-corrected chi connectivity index (χ0v) is 15.6. The van der Waals surface area contributed by atoms with E-state index in [0.29, 0.717) is 29.1 Å². The van der Waals surface area contributed by atoms with E-state index in [1.54, 1.807) is 0 Å². The molecule has 0 amide bonds. The largest absolute Gasteiger partial charge is 0.437 e. The van der Waals surface area contributed by atoms with E-state index in [1.807, 2.05) is 43.3 Å². The van der Waals surface area contributed by atoms with Gasteiger partial charge in [0.05, 0.1) is 0 Å². The maximum Gasteiger partial charge on any atom is 0.248 e. The van der Waals surface area contributed by atoms with Crippen LogP contribution in [0.25, 0.3) is 0 Å². The van der Waals surface area contributed by atoms with Gasteiger partial charge in [-0.25, -0.2) is 4.98 Å². The van der Waals surface area contributed by atoms with Gasteiger partial charge in [-0.15, -0.1) is 0 Å². The van der Waals surface area contributed by atoms with E-state index in [4.69, 9.17) is 10.5 Å². The van der Waals surface area contributed by atoms with Crippen molar-refractivity contribution in [2.24, 2.45) is 0 Å². The number of nitrogen functional groups attached to an aromatic ring is 1. The van der Waals surface area contributed by atoms with Gasteiger partial charge in [-0.2, -0.15) is 4.98 Å². The van der Waals surface area contributed by atoms with Crippen molar-refractivity contribution in [1.29, 1.82) is 0 Å². The van der Waals surface area contributed by atoms with Crippen LogP contribution in [0.4, 0.5) is 17.2 Å². The first-order valence-electron chi connectivity index (χ1n) is 8.66. The smallest absolute Gasteiger partial charge is 0.248 e. The molecule has 0 unspecified atom stereocenters. The van der Waals surface area contributed by atoms with Crippen molar-refractivity contribution >= 4 is 17.2 Å². The summed E-state index contributed by atoms with van der Waals surface area (Å²) in [7, 11) is 0. The molecular weight excluding hydrogens is 324 g/mol. The van der Waals surface area contributed by atoms with E-state index >= 15 is 0 Å². The number of ether oxygens (including phenoxy) is 1. The van der Waals surface area contributed by atoms with E-state index < -0.39 is 0 Å². The first-order valence-corrected chi connectivity index (χ1v) is 8.66. The monoisotopic (exact) mass is 348 g/mol. The minimum Gasteiger partial charge on any atom is -0.437 e. The van der Waals surface area contributed by atoms with Crippen LogP contribution in [0.1, 0.15) is 36.5 Å². The predicted molar refractivity (Wildman–Crippen MR) is 106 cm³/mol. The maximum absolute atomic E-state index is 6.22. The van der Waals surface area contributed by atoms with Gasteiger partial charge >= 0.3 is 0 Å². The van der Waals surface area contributed by atoms with Gasteiger partial charge in [0.25, 0.3) is 0 Å². The molecule has 2 aromatic carbocycles. The number of hydrogen-bond donors (Lipinski definition) is 2. The van der Waals surface area contributed by atoms with Gasteiger partial charge in [-0.3, -0.25) is 0 Å². The lowest BCUT2D eigenvalue weighted by atomic mass is 10.0. The van der Waals surface area contributed by atoms with Crippen molar-refractivity contribution in [2.45, 2.75) is 33.6 Å². The van der Waals surface area contributed by atoms with Gasteiger partial charge < -0.3 is 15.8 Å². The average Bonchev–Trinajstić information content (AvgIpc) is 2.61. The van der Waals surface area contributed by atoms with Gasteiger partial charge in [0, 0.05) is 5.69 Å². The molecule has 1 heterocycles. The fraction of sp³-hybridized carbons (Fsp3) is 0.238. The van der Waals surface area contributed by atoms with Gasteiger partial charge in [-0.05, 0) is 49.1 Å². The zero-order valence-electron chi connectivity index (χ0n) is 15.6. The SMILES string of the molecule is Cc1ccc(Nc2ncnc(Oc3ccc(C(C)C)cc3)c2N)c(C)c1. The van der Waals surface area contributed by atoms with Crippen LogP contribution < -0.4 is 15.8 Å². The number of aromatic nitrogens is 2. The Labute approximate surface area is 154 Å². The fourth-order valence-electron chi connectivity index (χ4n) is 2.67. The Morgan fingerprint density at radius 3 is 2.38 bits per heavy atom. The van der Waals surface area contributed by atoms with Crippen LogP contribution in [-0.4, -0.2) is 9.97 Å². The van der Waals surface area contributed by atoms with Crippen molar-refractivity contribution in [3.8, 4) is 11.6 Å². The van der Waals surface area contributed by atoms with Crippen LogP contribution in [0.15, 0.2) is 48.8 Å². The Bertz CT molecular complexity index is 904. The van der Waals surface area contributed by atoms with Crippen LogP contribution in [-0.2, 0) is 0 Å². The Kier molecular flexibility index (Phi) is 5.07. The molecule has 0 saturated carbocycles. The molecule has 3 rings (SSSR count). The summed E-state index contributed by atoms with van der Waals surface area (Å²) in [5.74, 6) is 2.03. The number of anilines is 3. The van der Waals surface area contributed by atoms with Crippen LogP contribution in [0.3, 0.4) is 0 Å². The summed E-state index contributed by atoms with van der Waals surface area (Å²) < 4.78 is 5.86. The minimum atomic E-state index is 0.338. The van der Waals surface area contributed by atoms with Crippen LogP contribution in [0.5, 0.6) is 11.6 Å². The summed E-state index contributed by atoms with van der Waals surface area (Å²) in [6, 6.07) is 14.1. The summed E-state index contributed by atoms with van der Waals surface area (Å²) in [6.45, 7) is 8.42. The molecule has 134 valence electrons. The first-order chi connectivity index (χ1) is 12.4. The summed E-state index contributed by atoms with van der Waals surface area (Å²) >= 11 is 0. The standard InChI is InChI=1S/C21H24N4O/c1-13(2)16-6-8-17(9-7-16)26-21-19(22)20(23-12-24-21)25-18-10-5-14(3)11-15(18)4/h5-13H,22H2,1-4H3,(H,23,24,25). The highest BCUT2D eigenvalue weighted by molar-refractivity contribution is 5.73. The molecular formula is C21H24N4O. The second kappa shape index (κ2) is 7.44. The number of hydrogen-bond acceptors (Lipinski definition) is 5. The van der Waals surface area contributed by atoms with Gasteiger partial charge in [0.15, 0.2) is 5.82 Å². The number of nitrogens with one attached hydrogen (secondary N) is 1. The highest BCUT2D eigenvalue weighted by atomic mass is 16.5. The average molecular weight is 348 g/mol. The molecule has 3 aromatic rings. The number of benzene rings is 2. The number of rotatable bonds is 5. The van der Waals surface area contributed by atoms with Crippen molar-refractivity contribution in [1.82, 2.24) is 9.97 Å². The highest BCUT2D eigenvalue weighted by Gasteiger charge is 2.12.